The van der Waals surface area contributed by atoms with E-state index in [1.165, 1.54) is 0 Å². The Labute approximate surface area is 253 Å². The minimum atomic E-state index is -0.935. The quantitative estimate of drug-likeness (QED) is 0.350. The van der Waals surface area contributed by atoms with Crippen LogP contribution in [0.25, 0.3) is 0 Å². The van der Waals surface area contributed by atoms with Crippen LogP contribution in [0, 0.1) is 0 Å². The highest BCUT2D eigenvalue weighted by atomic mass is 16.7. The third-order valence-corrected chi connectivity index (χ3v) is 7.92. The van der Waals surface area contributed by atoms with E-state index < -0.39 is 13.1 Å². The number of carbonyl (C=O) groups is 2. The lowest BCUT2D eigenvalue weighted by Crippen LogP contribution is -2.41. The van der Waals surface area contributed by atoms with Gasteiger partial charge in [-0.15, -0.1) is 0 Å². The molecule has 2 aromatic rings. The zero-order chi connectivity index (χ0) is 31.2. The first-order valence-electron chi connectivity index (χ1n) is 14.3. The van der Waals surface area contributed by atoms with Gasteiger partial charge in [0.05, 0.1) is 28.0 Å². The molecule has 10 heteroatoms. The maximum absolute atomic E-state index is 11.8. The minimum absolute atomic E-state index is 0. The summed E-state index contributed by atoms with van der Waals surface area (Å²) < 4.78 is 23.7. The van der Waals surface area contributed by atoms with Gasteiger partial charge in [-0.3, -0.25) is 4.79 Å². The zero-order valence-electron chi connectivity index (χ0n) is 26.4. The number of carboxylic acid groups (broad SMARTS) is 1. The maximum atomic E-state index is 11.8. The Bertz CT molecular complexity index is 1130. The monoisotopic (exact) mass is 583 g/mol. The second-order valence-electron chi connectivity index (χ2n) is 12.3. The third-order valence-electron chi connectivity index (χ3n) is 7.92. The predicted octanol–water partition coefficient (Wildman–Crippen LogP) is 5.25. The van der Waals surface area contributed by atoms with Crippen molar-refractivity contribution in [2.75, 3.05) is 6.54 Å². The van der Waals surface area contributed by atoms with Crippen LogP contribution in [0.3, 0.4) is 0 Å². The molecular weight excluding hydrogens is 532 g/mol. The zero-order valence-corrected chi connectivity index (χ0v) is 26.4. The normalized spacial score (nSPS) is 19.0. The van der Waals surface area contributed by atoms with Crippen LogP contribution in [0.2, 0.25) is 0 Å². The summed E-state index contributed by atoms with van der Waals surface area (Å²) in [6, 6.07) is 14.1. The average Bonchev–Trinajstić information content (AvgIpc) is 3.24. The fraction of sp³-hybridized carbons (Fsp3) is 0.562. The number of nitrogens with two attached hydrogens (primary N) is 1. The second kappa shape index (κ2) is 14.8. The summed E-state index contributed by atoms with van der Waals surface area (Å²) in [5, 5.41) is 8.84. The number of hydrogen-bond donors (Lipinski definition) is 2. The molecule has 2 heterocycles. The second-order valence-corrected chi connectivity index (χ2v) is 12.3. The summed E-state index contributed by atoms with van der Waals surface area (Å²) in [6.45, 7) is 20.7. The highest BCUT2D eigenvalue weighted by Crippen LogP contribution is 2.37. The molecule has 0 amide bonds. The minimum Gasteiger partial charge on any atom is -0.478 e. The third kappa shape index (κ3) is 9.01. The van der Waals surface area contributed by atoms with E-state index >= 15 is 0 Å². The van der Waals surface area contributed by atoms with Gasteiger partial charge in [-0.2, -0.15) is 0 Å². The largest absolute Gasteiger partial charge is 0.494 e. The highest BCUT2D eigenvalue weighted by Gasteiger charge is 2.52. The van der Waals surface area contributed by atoms with E-state index in [1.807, 2.05) is 93.5 Å². The first-order valence-corrected chi connectivity index (χ1v) is 14.3. The van der Waals surface area contributed by atoms with Crippen molar-refractivity contribution in [2.24, 2.45) is 5.73 Å². The highest BCUT2D eigenvalue weighted by molar-refractivity contribution is 6.62. The van der Waals surface area contributed by atoms with Crippen LogP contribution in [0.15, 0.2) is 48.5 Å². The predicted molar refractivity (Wildman–Crippen MR) is 172 cm³/mol. The number of hydrogen-bond acceptors (Lipinski definition) is 7. The lowest BCUT2D eigenvalue weighted by Gasteiger charge is -2.32. The number of aromatic carboxylic acids is 1. The lowest BCUT2D eigenvalue weighted by atomic mass is 9.78. The topological polar surface area (TPSA) is 117 Å². The van der Waals surface area contributed by atoms with Crippen molar-refractivity contribution in [2.45, 2.75) is 112 Å². The van der Waals surface area contributed by atoms with E-state index in [0.29, 0.717) is 6.42 Å². The molecule has 3 N–H and O–H groups in total. The molecule has 42 heavy (non-hydrogen) atoms. The van der Waals surface area contributed by atoms with Crippen LogP contribution in [-0.2, 0) is 18.6 Å². The van der Waals surface area contributed by atoms with E-state index in [1.54, 1.807) is 24.3 Å². The summed E-state index contributed by atoms with van der Waals surface area (Å²) in [5.74, 6) is -0.747. The Morgan fingerprint density at radius 1 is 0.667 bits per heavy atom. The first kappa shape index (κ1) is 37.5. The van der Waals surface area contributed by atoms with Crippen molar-refractivity contribution in [1.29, 1.82) is 0 Å². The van der Waals surface area contributed by atoms with Gasteiger partial charge in [0.2, 0.25) is 0 Å². The van der Waals surface area contributed by atoms with Gasteiger partial charge in [0.1, 0.15) is 0 Å². The molecule has 0 spiro atoms. The molecule has 232 valence electrons. The van der Waals surface area contributed by atoms with Gasteiger partial charge >= 0.3 is 20.2 Å². The van der Waals surface area contributed by atoms with E-state index in [2.05, 4.69) is 0 Å². The van der Waals surface area contributed by atoms with Crippen molar-refractivity contribution in [1.82, 2.24) is 0 Å². The van der Waals surface area contributed by atoms with E-state index in [-0.39, 0.29) is 48.3 Å². The molecule has 0 aliphatic carbocycles. The van der Waals surface area contributed by atoms with E-state index in [4.69, 9.17) is 29.5 Å². The lowest BCUT2D eigenvalue weighted by molar-refractivity contribution is 0.00578. The van der Waals surface area contributed by atoms with E-state index in [0.717, 1.165) is 29.5 Å². The molecule has 4 rings (SSSR count). The van der Waals surface area contributed by atoms with Crippen LogP contribution in [0.1, 0.15) is 110 Å². The number of carbonyl (C=O) groups excluding carboxylic acids is 1. The fourth-order valence-electron chi connectivity index (χ4n) is 3.94. The van der Waals surface area contributed by atoms with Crippen molar-refractivity contribution < 1.29 is 33.3 Å². The summed E-state index contributed by atoms with van der Waals surface area (Å²) in [5.41, 5.74) is 6.20. The molecule has 2 saturated heterocycles. The molecule has 0 aromatic heterocycles. The molecule has 2 aliphatic heterocycles. The van der Waals surface area contributed by atoms with Crippen LogP contribution in [-0.4, -0.2) is 60.0 Å². The molecule has 2 aliphatic rings. The fourth-order valence-corrected chi connectivity index (χ4v) is 3.94. The smallest absolute Gasteiger partial charge is 0.478 e. The summed E-state index contributed by atoms with van der Waals surface area (Å²) >= 11 is 0. The van der Waals surface area contributed by atoms with Gasteiger partial charge in [-0.1, -0.05) is 57.7 Å². The molecule has 0 saturated carbocycles. The van der Waals surface area contributed by atoms with Crippen LogP contribution >= 0.6 is 0 Å². The average molecular weight is 583 g/mol. The van der Waals surface area contributed by atoms with Crippen molar-refractivity contribution >= 4 is 36.9 Å². The Balaban J connectivity index is 0.000000377. The Kier molecular flexibility index (Phi) is 13.2. The van der Waals surface area contributed by atoms with Gasteiger partial charge in [0.15, 0.2) is 5.78 Å². The molecule has 2 aromatic carbocycles. The van der Waals surface area contributed by atoms with Crippen LogP contribution < -0.4 is 16.7 Å². The van der Waals surface area contributed by atoms with Crippen LogP contribution in [0.4, 0.5) is 0 Å². The van der Waals surface area contributed by atoms with Gasteiger partial charge in [-0.05, 0) is 91.4 Å². The van der Waals surface area contributed by atoms with Crippen molar-refractivity contribution in [3.05, 3.63) is 59.7 Å². The first-order chi connectivity index (χ1) is 18.9. The number of benzene rings is 2. The Morgan fingerprint density at radius 3 is 1.21 bits per heavy atom. The SMILES string of the molecule is C.CC1(C)OB(c2ccc(C(=O)O)cc2)OC1(C)C.CCCC(=O)c1ccc(B2OC(C)(C)C(C)(C)O2)cc1.CCN. The molecule has 0 bridgehead atoms. The number of Topliss-reactive ketones (excluding diaryl/α,β-unsaturated/α-hetero) is 1. The van der Waals surface area contributed by atoms with Crippen molar-refractivity contribution in [3.8, 4) is 0 Å². The molecule has 2 fully saturated rings. The standard InChI is InChI=1S/C16H23BO3.C13H17BO4.C2H7N.CH4/c1-6-7-14(18)12-8-10-13(11-9-12)17-19-15(2,3)16(4,5)20-17;1-12(2)13(3,4)18-14(17-12)10-7-5-9(6-8-10)11(15)16;1-2-3;/h8-11H,6-7H2,1-5H3;5-8H,1-4H3,(H,15,16);2-3H2,1H3;1H4. The Morgan fingerprint density at radius 2 is 0.952 bits per heavy atom. The molecule has 0 atom stereocenters. The Hall–Kier alpha value is -2.49. The molecule has 8 nitrogen and oxygen atoms in total. The summed E-state index contributed by atoms with van der Waals surface area (Å²) in [4.78, 5) is 22.6. The maximum Gasteiger partial charge on any atom is 0.494 e. The van der Waals surface area contributed by atoms with Crippen molar-refractivity contribution in [3.63, 3.8) is 0 Å². The molecular formula is C32H51B2NO7. The van der Waals surface area contributed by atoms with Gasteiger partial charge in [0.25, 0.3) is 0 Å². The number of ketones is 1. The molecule has 0 unspecified atom stereocenters. The van der Waals surface area contributed by atoms with Gasteiger partial charge in [-0.25, -0.2) is 4.79 Å². The summed E-state index contributed by atoms with van der Waals surface area (Å²) in [6.07, 6.45) is 1.47. The molecule has 0 radical (unpaired) electrons. The van der Waals surface area contributed by atoms with Crippen LogP contribution in [0.5, 0.6) is 0 Å². The number of rotatable bonds is 6. The number of carboxylic acids is 1. The summed E-state index contributed by atoms with van der Waals surface area (Å²) in [7, 11) is -0.812. The van der Waals surface area contributed by atoms with Gasteiger partial charge < -0.3 is 29.5 Å². The van der Waals surface area contributed by atoms with Gasteiger partial charge in [0, 0.05) is 12.0 Å². The van der Waals surface area contributed by atoms with E-state index in [9.17, 15) is 9.59 Å².